The van der Waals surface area contributed by atoms with Crippen LogP contribution >= 0.6 is 23.5 Å². The largest absolute Gasteiger partial charge is 0.143 e. The van der Waals surface area contributed by atoms with Gasteiger partial charge in [-0.2, -0.15) is 0 Å². The van der Waals surface area contributed by atoms with E-state index < -0.39 is 0 Å². The fourth-order valence-electron chi connectivity index (χ4n) is 1.37. The Kier molecular flexibility index (Phi) is 2.99. The summed E-state index contributed by atoms with van der Waals surface area (Å²) in [7, 11) is 0. The molecule has 2 atom stereocenters. The molecule has 1 heterocycles. The first kappa shape index (κ1) is 8.79. The lowest BCUT2D eigenvalue weighted by Crippen LogP contribution is -2.10. The zero-order valence-corrected chi connectivity index (χ0v) is 8.65. The van der Waals surface area contributed by atoms with Gasteiger partial charge in [0.1, 0.15) is 0 Å². The Morgan fingerprint density at radius 1 is 1.60 bits per heavy atom. The number of thioether (sulfide) groups is 2. The van der Waals surface area contributed by atoms with Gasteiger partial charge in [-0.25, -0.2) is 0 Å². The van der Waals surface area contributed by atoms with Crippen LogP contribution in [0.15, 0.2) is 0 Å². The highest BCUT2D eigenvalue weighted by atomic mass is 32.2. The fraction of sp³-hybridized carbons (Fsp3) is 1.00. The van der Waals surface area contributed by atoms with Crippen LogP contribution in [0.2, 0.25) is 0 Å². The van der Waals surface area contributed by atoms with Gasteiger partial charge in [-0.1, -0.05) is 20.3 Å². The second kappa shape index (κ2) is 3.40. The molecule has 0 saturated carbocycles. The summed E-state index contributed by atoms with van der Waals surface area (Å²) in [5.41, 5.74) is 0. The topological polar surface area (TPSA) is 0 Å². The highest BCUT2D eigenvalue weighted by molar-refractivity contribution is 8.21. The van der Waals surface area contributed by atoms with Crippen molar-refractivity contribution in [3.8, 4) is 0 Å². The Bertz CT molecular complexity index is 110. The molecule has 0 aromatic heterocycles. The van der Waals surface area contributed by atoms with Crippen LogP contribution in [0.4, 0.5) is 0 Å². The normalized spacial score (nSPS) is 40.5. The van der Waals surface area contributed by atoms with E-state index in [9.17, 15) is 0 Å². The zero-order valence-electron chi connectivity index (χ0n) is 7.02. The van der Waals surface area contributed by atoms with E-state index in [1.165, 1.54) is 18.6 Å². The molecule has 0 amide bonds. The SMILES string of the molecule is CCCC1(C)SCC(C)S1. The van der Waals surface area contributed by atoms with Crippen LogP contribution in [0.25, 0.3) is 0 Å². The lowest BCUT2D eigenvalue weighted by atomic mass is 10.3. The van der Waals surface area contributed by atoms with Crippen molar-refractivity contribution in [1.29, 1.82) is 0 Å². The number of hydrogen-bond donors (Lipinski definition) is 0. The average Bonchev–Trinajstić information content (AvgIpc) is 2.12. The molecule has 0 nitrogen and oxygen atoms in total. The molecule has 0 spiro atoms. The smallest absolute Gasteiger partial charge is 0.0586 e. The third-order valence-corrected chi connectivity index (χ3v) is 5.38. The molecule has 1 saturated heterocycles. The molecule has 0 aromatic rings. The van der Waals surface area contributed by atoms with Gasteiger partial charge in [-0.15, -0.1) is 23.5 Å². The summed E-state index contributed by atoms with van der Waals surface area (Å²) in [5, 5.41) is 0.876. The first-order valence-corrected chi connectivity index (χ1v) is 5.84. The van der Waals surface area contributed by atoms with E-state index in [-0.39, 0.29) is 0 Å². The standard InChI is InChI=1S/C8H16S2/c1-4-5-8(3)9-6-7(2)10-8/h7H,4-6H2,1-3H3. The van der Waals surface area contributed by atoms with E-state index >= 15 is 0 Å². The average molecular weight is 176 g/mol. The second-order valence-electron chi connectivity index (χ2n) is 3.12. The summed E-state index contributed by atoms with van der Waals surface area (Å²) in [6, 6.07) is 0. The van der Waals surface area contributed by atoms with E-state index in [0.717, 1.165) is 5.25 Å². The van der Waals surface area contributed by atoms with Crippen molar-refractivity contribution in [2.75, 3.05) is 5.75 Å². The van der Waals surface area contributed by atoms with Gasteiger partial charge in [-0.05, 0) is 13.3 Å². The monoisotopic (exact) mass is 176 g/mol. The molecule has 2 heteroatoms. The first-order chi connectivity index (χ1) is 4.66. The quantitative estimate of drug-likeness (QED) is 0.632. The molecular formula is C8H16S2. The zero-order chi connectivity index (χ0) is 7.61. The van der Waals surface area contributed by atoms with E-state index in [1.54, 1.807) is 0 Å². The minimum atomic E-state index is 0.550. The van der Waals surface area contributed by atoms with E-state index in [4.69, 9.17) is 0 Å². The predicted octanol–water partition coefficient (Wildman–Crippen LogP) is 3.37. The van der Waals surface area contributed by atoms with Crippen LogP contribution in [0.3, 0.4) is 0 Å². The molecule has 60 valence electrons. The fourth-order valence-corrected chi connectivity index (χ4v) is 4.93. The molecule has 1 fully saturated rings. The highest BCUT2D eigenvalue weighted by Gasteiger charge is 2.33. The van der Waals surface area contributed by atoms with Crippen LogP contribution in [-0.2, 0) is 0 Å². The molecule has 0 N–H and O–H groups in total. The third kappa shape index (κ3) is 2.09. The lowest BCUT2D eigenvalue weighted by Gasteiger charge is -2.20. The van der Waals surface area contributed by atoms with Crippen molar-refractivity contribution in [2.24, 2.45) is 0 Å². The maximum absolute atomic E-state index is 2.38. The second-order valence-corrected chi connectivity index (χ2v) is 6.85. The summed E-state index contributed by atoms with van der Waals surface area (Å²) in [6.07, 6.45) is 2.69. The third-order valence-electron chi connectivity index (χ3n) is 1.78. The first-order valence-electron chi connectivity index (χ1n) is 3.98. The number of rotatable bonds is 2. The Labute approximate surface area is 72.5 Å². The van der Waals surface area contributed by atoms with Crippen LogP contribution in [0, 0.1) is 0 Å². The molecule has 0 radical (unpaired) electrons. The van der Waals surface area contributed by atoms with E-state index in [0.29, 0.717) is 4.08 Å². The van der Waals surface area contributed by atoms with Crippen LogP contribution in [0.5, 0.6) is 0 Å². The molecule has 10 heavy (non-hydrogen) atoms. The molecule has 0 aliphatic carbocycles. The van der Waals surface area contributed by atoms with Gasteiger partial charge in [0, 0.05) is 11.0 Å². The predicted molar refractivity (Wildman–Crippen MR) is 52.8 cm³/mol. The lowest BCUT2D eigenvalue weighted by molar-refractivity contribution is 0.751. The Morgan fingerprint density at radius 2 is 2.30 bits per heavy atom. The van der Waals surface area contributed by atoms with Crippen molar-refractivity contribution in [3.63, 3.8) is 0 Å². The Hall–Kier alpha value is 0.700. The molecule has 0 bridgehead atoms. The highest BCUT2D eigenvalue weighted by Crippen LogP contribution is 2.50. The van der Waals surface area contributed by atoms with E-state index in [1.807, 2.05) is 0 Å². The van der Waals surface area contributed by atoms with Crippen LogP contribution in [0.1, 0.15) is 33.6 Å². The van der Waals surface area contributed by atoms with Crippen LogP contribution < -0.4 is 0 Å². The van der Waals surface area contributed by atoms with Gasteiger partial charge in [-0.3, -0.25) is 0 Å². The van der Waals surface area contributed by atoms with Crippen molar-refractivity contribution in [1.82, 2.24) is 0 Å². The van der Waals surface area contributed by atoms with E-state index in [2.05, 4.69) is 44.3 Å². The minimum absolute atomic E-state index is 0.550. The molecule has 1 rings (SSSR count). The summed E-state index contributed by atoms with van der Waals surface area (Å²) < 4.78 is 0.550. The Balaban J connectivity index is 2.38. The molecular weight excluding hydrogens is 160 g/mol. The van der Waals surface area contributed by atoms with Gasteiger partial charge in [0.05, 0.1) is 4.08 Å². The molecule has 0 aromatic carbocycles. The van der Waals surface area contributed by atoms with Crippen molar-refractivity contribution >= 4 is 23.5 Å². The van der Waals surface area contributed by atoms with Crippen molar-refractivity contribution in [2.45, 2.75) is 42.9 Å². The van der Waals surface area contributed by atoms with Crippen molar-refractivity contribution < 1.29 is 0 Å². The summed E-state index contributed by atoms with van der Waals surface area (Å²) in [4.78, 5) is 0. The summed E-state index contributed by atoms with van der Waals surface area (Å²) in [5.74, 6) is 1.35. The minimum Gasteiger partial charge on any atom is -0.143 e. The van der Waals surface area contributed by atoms with Gasteiger partial charge in [0.25, 0.3) is 0 Å². The summed E-state index contributed by atoms with van der Waals surface area (Å²) in [6.45, 7) is 6.99. The molecule has 1 aliphatic heterocycles. The Morgan fingerprint density at radius 3 is 2.70 bits per heavy atom. The van der Waals surface area contributed by atoms with Gasteiger partial charge >= 0.3 is 0 Å². The molecule has 1 aliphatic rings. The number of hydrogen-bond acceptors (Lipinski definition) is 2. The van der Waals surface area contributed by atoms with Gasteiger partial charge < -0.3 is 0 Å². The van der Waals surface area contributed by atoms with Crippen LogP contribution in [-0.4, -0.2) is 15.1 Å². The van der Waals surface area contributed by atoms with Crippen molar-refractivity contribution in [3.05, 3.63) is 0 Å². The summed E-state index contributed by atoms with van der Waals surface area (Å²) >= 11 is 4.30. The maximum atomic E-state index is 2.38. The van der Waals surface area contributed by atoms with Gasteiger partial charge in [0.15, 0.2) is 0 Å². The van der Waals surface area contributed by atoms with Gasteiger partial charge in [0.2, 0.25) is 0 Å². The maximum Gasteiger partial charge on any atom is 0.0586 e. The molecule has 2 unspecified atom stereocenters.